The summed E-state index contributed by atoms with van der Waals surface area (Å²) < 4.78 is 0. The molecular weight excluding hydrogens is 248 g/mol. The SMILES string of the molecule is CNc1ncnc(NC2CCCc3ccccc32)c1C. The van der Waals surface area contributed by atoms with Crippen molar-refractivity contribution in [3.8, 4) is 0 Å². The molecule has 1 aliphatic carbocycles. The third-order valence-corrected chi connectivity index (χ3v) is 4.00. The molecular formula is C16H20N4. The van der Waals surface area contributed by atoms with E-state index in [1.54, 1.807) is 6.33 Å². The third kappa shape index (κ3) is 2.33. The van der Waals surface area contributed by atoms with Gasteiger partial charge in [0.05, 0.1) is 6.04 Å². The van der Waals surface area contributed by atoms with Gasteiger partial charge >= 0.3 is 0 Å². The lowest BCUT2D eigenvalue weighted by molar-refractivity contribution is 0.598. The van der Waals surface area contributed by atoms with E-state index in [2.05, 4.69) is 44.9 Å². The summed E-state index contributed by atoms with van der Waals surface area (Å²) in [5.41, 5.74) is 3.93. The normalized spacial score (nSPS) is 17.4. The minimum Gasteiger partial charge on any atom is -0.373 e. The molecule has 4 heteroatoms. The number of hydrogen-bond donors (Lipinski definition) is 2. The molecule has 0 amide bonds. The Morgan fingerprint density at radius 2 is 1.95 bits per heavy atom. The largest absolute Gasteiger partial charge is 0.373 e. The zero-order chi connectivity index (χ0) is 13.9. The number of fused-ring (bicyclic) bond motifs is 1. The van der Waals surface area contributed by atoms with Crippen LogP contribution in [0.1, 0.15) is 35.6 Å². The number of benzene rings is 1. The van der Waals surface area contributed by atoms with Gasteiger partial charge in [0.15, 0.2) is 0 Å². The molecule has 1 unspecified atom stereocenters. The van der Waals surface area contributed by atoms with Gasteiger partial charge in [-0.1, -0.05) is 24.3 Å². The van der Waals surface area contributed by atoms with Crippen LogP contribution < -0.4 is 10.6 Å². The van der Waals surface area contributed by atoms with Gasteiger partial charge in [-0.2, -0.15) is 0 Å². The van der Waals surface area contributed by atoms with Gasteiger partial charge in [0, 0.05) is 12.6 Å². The van der Waals surface area contributed by atoms with E-state index < -0.39 is 0 Å². The highest BCUT2D eigenvalue weighted by atomic mass is 15.1. The van der Waals surface area contributed by atoms with Crippen LogP contribution in [0.5, 0.6) is 0 Å². The number of hydrogen-bond acceptors (Lipinski definition) is 4. The topological polar surface area (TPSA) is 49.8 Å². The molecule has 0 bridgehead atoms. The second-order valence-corrected chi connectivity index (χ2v) is 5.23. The van der Waals surface area contributed by atoms with E-state index in [1.807, 2.05) is 14.0 Å². The van der Waals surface area contributed by atoms with E-state index in [0.717, 1.165) is 23.6 Å². The predicted octanol–water partition coefficient (Wildman–Crippen LogP) is 3.32. The summed E-state index contributed by atoms with van der Waals surface area (Å²) in [5.74, 6) is 1.80. The molecule has 2 aromatic rings. The Morgan fingerprint density at radius 3 is 2.80 bits per heavy atom. The van der Waals surface area contributed by atoms with E-state index in [9.17, 15) is 0 Å². The molecule has 1 heterocycles. The highest BCUT2D eigenvalue weighted by molar-refractivity contribution is 5.57. The van der Waals surface area contributed by atoms with E-state index in [4.69, 9.17) is 0 Å². The fourth-order valence-electron chi connectivity index (χ4n) is 2.92. The molecule has 1 atom stereocenters. The van der Waals surface area contributed by atoms with Gasteiger partial charge in [-0.25, -0.2) is 9.97 Å². The van der Waals surface area contributed by atoms with Crippen LogP contribution in [0.15, 0.2) is 30.6 Å². The standard InChI is InChI=1S/C16H20N4/c1-11-15(17-2)18-10-19-16(11)20-14-9-5-7-12-6-3-4-8-13(12)14/h3-4,6,8,10,14H,5,7,9H2,1-2H3,(H2,17,18,19,20). The van der Waals surface area contributed by atoms with Gasteiger partial charge < -0.3 is 10.6 Å². The number of anilines is 2. The number of nitrogens with zero attached hydrogens (tertiary/aromatic N) is 2. The average molecular weight is 268 g/mol. The lowest BCUT2D eigenvalue weighted by atomic mass is 9.88. The van der Waals surface area contributed by atoms with Gasteiger partial charge in [0.1, 0.15) is 18.0 Å². The Labute approximate surface area is 119 Å². The fourth-order valence-corrected chi connectivity index (χ4v) is 2.92. The zero-order valence-electron chi connectivity index (χ0n) is 12.0. The van der Waals surface area contributed by atoms with Crippen molar-refractivity contribution in [1.82, 2.24) is 9.97 Å². The van der Waals surface area contributed by atoms with Crippen LogP contribution >= 0.6 is 0 Å². The Morgan fingerprint density at radius 1 is 1.15 bits per heavy atom. The molecule has 0 aliphatic heterocycles. The first kappa shape index (κ1) is 12.9. The molecule has 104 valence electrons. The minimum absolute atomic E-state index is 0.346. The van der Waals surface area contributed by atoms with E-state index in [1.165, 1.54) is 24.0 Å². The maximum atomic E-state index is 4.39. The molecule has 1 aliphatic rings. The molecule has 1 aromatic heterocycles. The smallest absolute Gasteiger partial charge is 0.134 e. The highest BCUT2D eigenvalue weighted by Gasteiger charge is 2.20. The van der Waals surface area contributed by atoms with E-state index in [-0.39, 0.29) is 0 Å². The average Bonchev–Trinajstić information content (AvgIpc) is 2.50. The molecule has 4 nitrogen and oxygen atoms in total. The first-order valence-electron chi connectivity index (χ1n) is 7.13. The molecule has 1 aromatic carbocycles. The quantitative estimate of drug-likeness (QED) is 0.896. The lowest BCUT2D eigenvalue weighted by Gasteiger charge is -2.27. The number of nitrogens with one attached hydrogen (secondary N) is 2. The molecule has 0 saturated heterocycles. The van der Waals surface area contributed by atoms with Crippen LogP contribution in [0.25, 0.3) is 0 Å². The molecule has 20 heavy (non-hydrogen) atoms. The van der Waals surface area contributed by atoms with Crippen LogP contribution in [0, 0.1) is 6.92 Å². The summed E-state index contributed by atoms with van der Waals surface area (Å²) in [6.45, 7) is 2.04. The van der Waals surface area contributed by atoms with Gasteiger partial charge in [-0.05, 0) is 37.3 Å². The number of rotatable bonds is 3. The third-order valence-electron chi connectivity index (χ3n) is 4.00. The summed E-state index contributed by atoms with van der Waals surface area (Å²) in [4.78, 5) is 8.62. The molecule has 3 rings (SSSR count). The summed E-state index contributed by atoms with van der Waals surface area (Å²) >= 11 is 0. The highest BCUT2D eigenvalue weighted by Crippen LogP contribution is 2.33. The minimum atomic E-state index is 0.346. The predicted molar refractivity (Wildman–Crippen MR) is 82.1 cm³/mol. The molecule has 0 radical (unpaired) electrons. The van der Waals surface area contributed by atoms with Crippen molar-refractivity contribution < 1.29 is 0 Å². The zero-order valence-corrected chi connectivity index (χ0v) is 12.0. The van der Waals surface area contributed by atoms with E-state index in [0.29, 0.717) is 6.04 Å². The number of aryl methyl sites for hydroxylation is 1. The Kier molecular flexibility index (Phi) is 3.54. The number of aromatic nitrogens is 2. The van der Waals surface area contributed by atoms with Crippen molar-refractivity contribution >= 4 is 11.6 Å². The Bertz CT molecular complexity index is 609. The van der Waals surface area contributed by atoms with Gasteiger partial charge in [-0.15, -0.1) is 0 Å². The van der Waals surface area contributed by atoms with Gasteiger partial charge in [-0.3, -0.25) is 0 Å². The summed E-state index contributed by atoms with van der Waals surface area (Å²) in [5, 5.41) is 6.69. The van der Waals surface area contributed by atoms with Crippen molar-refractivity contribution in [2.45, 2.75) is 32.2 Å². The van der Waals surface area contributed by atoms with Gasteiger partial charge in [0.25, 0.3) is 0 Å². The van der Waals surface area contributed by atoms with Crippen molar-refractivity contribution in [1.29, 1.82) is 0 Å². The molecule has 0 fully saturated rings. The van der Waals surface area contributed by atoms with Crippen molar-refractivity contribution in [3.63, 3.8) is 0 Å². The van der Waals surface area contributed by atoms with Crippen LogP contribution in [-0.4, -0.2) is 17.0 Å². The van der Waals surface area contributed by atoms with Crippen LogP contribution in [0.2, 0.25) is 0 Å². The summed E-state index contributed by atoms with van der Waals surface area (Å²) in [7, 11) is 1.88. The summed E-state index contributed by atoms with van der Waals surface area (Å²) in [6.07, 6.45) is 5.15. The molecule has 0 spiro atoms. The van der Waals surface area contributed by atoms with Crippen LogP contribution in [0.3, 0.4) is 0 Å². The van der Waals surface area contributed by atoms with Gasteiger partial charge in [0.2, 0.25) is 0 Å². The maximum absolute atomic E-state index is 4.39. The van der Waals surface area contributed by atoms with Crippen molar-refractivity contribution in [2.75, 3.05) is 17.7 Å². The lowest BCUT2D eigenvalue weighted by Crippen LogP contribution is -2.18. The fraction of sp³-hybridized carbons (Fsp3) is 0.375. The van der Waals surface area contributed by atoms with Crippen molar-refractivity contribution in [3.05, 3.63) is 47.3 Å². The summed E-state index contributed by atoms with van der Waals surface area (Å²) in [6, 6.07) is 9.04. The Balaban J connectivity index is 1.90. The first-order valence-corrected chi connectivity index (χ1v) is 7.13. The Hall–Kier alpha value is -2.10. The maximum Gasteiger partial charge on any atom is 0.134 e. The van der Waals surface area contributed by atoms with Crippen molar-refractivity contribution in [2.24, 2.45) is 0 Å². The molecule has 0 saturated carbocycles. The monoisotopic (exact) mass is 268 g/mol. The second kappa shape index (κ2) is 5.49. The first-order chi connectivity index (χ1) is 9.79. The van der Waals surface area contributed by atoms with Crippen LogP contribution in [-0.2, 0) is 6.42 Å². The van der Waals surface area contributed by atoms with Crippen LogP contribution in [0.4, 0.5) is 11.6 Å². The molecule has 2 N–H and O–H groups in total. The van der Waals surface area contributed by atoms with E-state index >= 15 is 0 Å². The second-order valence-electron chi connectivity index (χ2n) is 5.23.